The Labute approximate surface area is 118 Å². The molecule has 1 aliphatic carbocycles. The predicted octanol–water partition coefficient (Wildman–Crippen LogP) is 3.65. The zero-order valence-corrected chi connectivity index (χ0v) is 12.9. The highest BCUT2D eigenvalue weighted by molar-refractivity contribution is 5.55. The molecule has 0 radical (unpaired) electrons. The van der Waals surface area contributed by atoms with Gasteiger partial charge in [0.05, 0.1) is 0 Å². The van der Waals surface area contributed by atoms with E-state index in [2.05, 4.69) is 50.9 Å². The molecular weight excluding hydrogens is 232 g/mol. The molecule has 106 valence electrons. The van der Waals surface area contributed by atoms with Gasteiger partial charge in [0.1, 0.15) is 0 Å². The van der Waals surface area contributed by atoms with Crippen molar-refractivity contribution < 1.29 is 0 Å². The van der Waals surface area contributed by atoms with Gasteiger partial charge in [0.15, 0.2) is 0 Å². The van der Waals surface area contributed by atoms with Crippen molar-refractivity contribution in [2.24, 2.45) is 11.7 Å². The topological polar surface area (TPSA) is 29.3 Å². The maximum atomic E-state index is 6.11. The minimum absolute atomic E-state index is 0.0745. The molecule has 1 fully saturated rings. The van der Waals surface area contributed by atoms with E-state index in [0.717, 1.165) is 5.92 Å². The summed E-state index contributed by atoms with van der Waals surface area (Å²) < 4.78 is 0. The molecule has 0 bridgehead atoms. The van der Waals surface area contributed by atoms with E-state index in [1.807, 2.05) is 0 Å². The van der Waals surface area contributed by atoms with Gasteiger partial charge in [-0.05, 0) is 44.7 Å². The third kappa shape index (κ3) is 2.94. The molecule has 1 aromatic rings. The van der Waals surface area contributed by atoms with E-state index in [0.29, 0.717) is 6.54 Å². The van der Waals surface area contributed by atoms with Gasteiger partial charge in [-0.1, -0.05) is 37.0 Å². The number of hydrogen-bond acceptors (Lipinski definition) is 2. The van der Waals surface area contributed by atoms with Gasteiger partial charge in [-0.15, -0.1) is 0 Å². The molecule has 1 aromatic carbocycles. The van der Waals surface area contributed by atoms with Gasteiger partial charge in [-0.3, -0.25) is 0 Å². The fourth-order valence-corrected chi connectivity index (χ4v) is 3.15. The number of nitrogens with two attached hydrogens (primary N) is 1. The lowest BCUT2D eigenvalue weighted by Gasteiger charge is -2.44. The zero-order chi connectivity index (χ0) is 14.0. The molecule has 2 rings (SSSR count). The Morgan fingerprint density at radius 1 is 1.32 bits per heavy atom. The average molecular weight is 260 g/mol. The number of aryl methyl sites for hydroxylation is 2. The van der Waals surface area contributed by atoms with Crippen molar-refractivity contribution >= 4 is 5.69 Å². The number of hydrogen-bond donors (Lipinski definition) is 1. The van der Waals surface area contributed by atoms with Crippen LogP contribution in [0.15, 0.2) is 18.2 Å². The molecule has 0 amide bonds. The van der Waals surface area contributed by atoms with Crippen LogP contribution < -0.4 is 10.6 Å². The first-order chi connectivity index (χ1) is 8.96. The molecule has 1 atom stereocenters. The van der Waals surface area contributed by atoms with Gasteiger partial charge in [-0.2, -0.15) is 0 Å². The number of anilines is 1. The summed E-state index contributed by atoms with van der Waals surface area (Å²) in [6.07, 6.45) is 5.39. The second-order valence-electron chi connectivity index (χ2n) is 6.55. The molecule has 1 unspecified atom stereocenters. The van der Waals surface area contributed by atoms with Crippen molar-refractivity contribution in [2.45, 2.75) is 52.0 Å². The van der Waals surface area contributed by atoms with Crippen LogP contribution in [-0.4, -0.2) is 19.1 Å². The summed E-state index contributed by atoms with van der Waals surface area (Å²) in [4.78, 5) is 2.40. The normalized spacial score (nSPS) is 18.8. The summed E-state index contributed by atoms with van der Waals surface area (Å²) in [7, 11) is 2.20. The lowest BCUT2D eigenvalue weighted by Crippen LogP contribution is -2.52. The van der Waals surface area contributed by atoms with Crippen molar-refractivity contribution in [3.63, 3.8) is 0 Å². The largest absolute Gasteiger partial charge is 0.368 e. The Morgan fingerprint density at radius 3 is 2.47 bits per heavy atom. The quantitative estimate of drug-likeness (QED) is 0.875. The smallest absolute Gasteiger partial charge is 0.0495 e. The second kappa shape index (κ2) is 5.54. The first-order valence-electron chi connectivity index (χ1n) is 7.47. The van der Waals surface area contributed by atoms with Gasteiger partial charge in [0.2, 0.25) is 0 Å². The van der Waals surface area contributed by atoms with E-state index in [1.54, 1.807) is 0 Å². The summed E-state index contributed by atoms with van der Waals surface area (Å²) in [5.74, 6) is 0.877. The van der Waals surface area contributed by atoms with E-state index in [1.165, 1.54) is 42.5 Å². The van der Waals surface area contributed by atoms with Gasteiger partial charge < -0.3 is 10.6 Å². The molecule has 2 heteroatoms. The Morgan fingerprint density at radius 2 is 2.00 bits per heavy atom. The van der Waals surface area contributed by atoms with Crippen molar-refractivity contribution in [3.8, 4) is 0 Å². The molecule has 0 heterocycles. The molecule has 2 N–H and O–H groups in total. The Hall–Kier alpha value is -1.02. The van der Waals surface area contributed by atoms with E-state index in [-0.39, 0.29) is 5.54 Å². The first-order valence-corrected chi connectivity index (χ1v) is 7.47. The minimum atomic E-state index is 0.0745. The SMILES string of the molecule is Cc1ccc(N(C)C(C)(CN)CC2CCC2)c(C)c1. The number of rotatable bonds is 5. The molecule has 0 saturated heterocycles. The van der Waals surface area contributed by atoms with Crippen LogP contribution in [0.25, 0.3) is 0 Å². The lowest BCUT2D eigenvalue weighted by atomic mass is 9.76. The summed E-state index contributed by atoms with van der Waals surface area (Å²) in [6, 6.07) is 6.69. The van der Waals surface area contributed by atoms with Gasteiger partial charge in [-0.25, -0.2) is 0 Å². The second-order valence-corrected chi connectivity index (χ2v) is 6.55. The molecule has 1 aliphatic rings. The summed E-state index contributed by atoms with van der Waals surface area (Å²) >= 11 is 0. The van der Waals surface area contributed by atoms with Crippen LogP contribution in [0.5, 0.6) is 0 Å². The van der Waals surface area contributed by atoms with Crippen LogP contribution in [0.2, 0.25) is 0 Å². The molecule has 0 aromatic heterocycles. The summed E-state index contributed by atoms with van der Waals surface area (Å²) in [5, 5.41) is 0. The van der Waals surface area contributed by atoms with Crippen LogP contribution in [0.3, 0.4) is 0 Å². The van der Waals surface area contributed by atoms with Gasteiger partial charge in [0.25, 0.3) is 0 Å². The van der Waals surface area contributed by atoms with E-state index < -0.39 is 0 Å². The van der Waals surface area contributed by atoms with Gasteiger partial charge in [0, 0.05) is 24.8 Å². The fraction of sp³-hybridized carbons (Fsp3) is 0.647. The molecule has 0 spiro atoms. The zero-order valence-electron chi connectivity index (χ0n) is 12.9. The maximum Gasteiger partial charge on any atom is 0.0495 e. The molecule has 19 heavy (non-hydrogen) atoms. The monoisotopic (exact) mass is 260 g/mol. The van der Waals surface area contributed by atoms with E-state index in [4.69, 9.17) is 5.73 Å². The maximum absolute atomic E-state index is 6.11. The van der Waals surface area contributed by atoms with Crippen LogP contribution in [0, 0.1) is 19.8 Å². The number of likely N-dealkylation sites (N-methyl/N-ethyl adjacent to an activating group) is 1. The highest BCUT2D eigenvalue weighted by Crippen LogP contribution is 2.37. The minimum Gasteiger partial charge on any atom is -0.368 e. The average Bonchev–Trinajstić information content (AvgIpc) is 2.33. The van der Waals surface area contributed by atoms with Gasteiger partial charge >= 0.3 is 0 Å². The molecule has 2 nitrogen and oxygen atoms in total. The Bertz CT molecular complexity index is 437. The molecule has 1 saturated carbocycles. The Balaban J connectivity index is 2.20. The standard InChI is InChI=1S/C17H28N2/c1-13-8-9-16(14(2)10-13)19(4)17(3,12-18)11-15-6-5-7-15/h8-10,15H,5-7,11-12,18H2,1-4H3. The highest BCUT2D eigenvalue weighted by Gasteiger charge is 2.33. The van der Waals surface area contributed by atoms with Crippen LogP contribution in [-0.2, 0) is 0 Å². The lowest BCUT2D eigenvalue weighted by molar-refractivity contribution is 0.233. The van der Waals surface area contributed by atoms with E-state index in [9.17, 15) is 0 Å². The number of nitrogens with zero attached hydrogens (tertiary/aromatic N) is 1. The van der Waals surface area contributed by atoms with Crippen molar-refractivity contribution in [2.75, 3.05) is 18.5 Å². The third-order valence-electron chi connectivity index (χ3n) is 4.92. The Kier molecular flexibility index (Phi) is 4.19. The molecular formula is C17H28N2. The third-order valence-corrected chi connectivity index (χ3v) is 4.92. The van der Waals surface area contributed by atoms with Crippen molar-refractivity contribution in [1.29, 1.82) is 0 Å². The molecule has 0 aliphatic heterocycles. The van der Waals surface area contributed by atoms with Crippen LogP contribution in [0.4, 0.5) is 5.69 Å². The van der Waals surface area contributed by atoms with Crippen molar-refractivity contribution in [1.82, 2.24) is 0 Å². The summed E-state index contributed by atoms with van der Waals surface area (Å²) in [6.45, 7) is 7.37. The predicted molar refractivity (Wildman–Crippen MR) is 83.7 cm³/mol. The van der Waals surface area contributed by atoms with E-state index >= 15 is 0 Å². The van der Waals surface area contributed by atoms with Crippen LogP contribution >= 0.6 is 0 Å². The summed E-state index contributed by atoms with van der Waals surface area (Å²) in [5.41, 5.74) is 10.2. The number of benzene rings is 1. The van der Waals surface area contributed by atoms with Crippen molar-refractivity contribution in [3.05, 3.63) is 29.3 Å². The highest BCUT2D eigenvalue weighted by atomic mass is 15.2. The first kappa shape index (κ1) is 14.4. The fourth-order valence-electron chi connectivity index (χ4n) is 3.15. The van der Waals surface area contributed by atoms with Crippen LogP contribution in [0.1, 0.15) is 43.7 Å².